The average molecular weight is 219 g/mol. The Morgan fingerprint density at radius 2 is 1.62 bits per heavy atom. The normalized spacial score (nSPS) is 13.0. The Morgan fingerprint density at radius 3 is 2.12 bits per heavy atom. The Morgan fingerprint density at radius 1 is 1.00 bits per heavy atom. The summed E-state index contributed by atoms with van der Waals surface area (Å²) in [5.74, 6) is 1.61. The molecular formula is C15H25N. The van der Waals surface area contributed by atoms with Gasteiger partial charge in [0, 0.05) is 0 Å². The van der Waals surface area contributed by atoms with Crippen LogP contribution < -0.4 is 5.32 Å². The van der Waals surface area contributed by atoms with Crippen LogP contribution in [0.15, 0.2) is 30.3 Å². The fraction of sp³-hybridized carbons (Fsp3) is 0.600. The third-order valence-electron chi connectivity index (χ3n) is 3.52. The molecule has 0 heterocycles. The molecule has 0 aliphatic carbocycles. The van der Waals surface area contributed by atoms with Crippen LogP contribution in [0.4, 0.5) is 0 Å². The predicted molar refractivity (Wildman–Crippen MR) is 71.6 cm³/mol. The van der Waals surface area contributed by atoms with Crippen molar-refractivity contribution in [2.45, 2.75) is 33.1 Å². The van der Waals surface area contributed by atoms with Gasteiger partial charge in [-0.1, -0.05) is 57.0 Å². The van der Waals surface area contributed by atoms with Gasteiger partial charge in [-0.05, 0) is 37.4 Å². The van der Waals surface area contributed by atoms with Crippen molar-refractivity contribution < 1.29 is 0 Å². The molecule has 0 bridgehead atoms. The van der Waals surface area contributed by atoms with Crippen LogP contribution in [0.5, 0.6) is 0 Å². The Bertz CT molecular complexity index is 264. The first-order chi connectivity index (χ1) is 7.81. The van der Waals surface area contributed by atoms with Gasteiger partial charge in [0.1, 0.15) is 0 Å². The first-order valence-electron chi connectivity index (χ1n) is 6.50. The minimum atomic E-state index is 0.766. The zero-order valence-electron chi connectivity index (χ0n) is 10.9. The molecule has 0 aliphatic rings. The van der Waals surface area contributed by atoms with E-state index in [2.05, 4.69) is 56.5 Å². The molecule has 1 aromatic carbocycles. The van der Waals surface area contributed by atoms with Gasteiger partial charge in [-0.15, -0.1) is 0 Å². The first-order valence-corrected chi connectivity index (χ1v) is 6.50. The molecule has 1 atom stereocenters. The van der Waals surface area contributed by atoms with Gasteiger partial charge < -0.3 is 5.32 Å². The van der Waals surface area contributed by atoms with E-state index in [1.165, 1.54) is 24.8 Å². The fourth-order valence-corrected chi connectivity index (χ4v) is 2.54. The van der Waals surface area contributed by atoms with Gasteiger partial charge in [0.15, 0.2) is 0 Å². The van der Waals surface area contributed by atoms with Gasteiger partial charge in [0.05, 0.1) is 0 Å². The van der Waals surface area contributed by atoms with E-state index in [4.69, 9.17) is 0 Å². The van der Waals surface area contributed by atoms with Crippen LogP contribution >= 0.6 is 0 Å². The number of benzene rings is 1. The van der Waals surface area contributed by atoms with Crippen molar-refractivity contribution in [3.8, 4) is 0 Å². The molecule has 0 radical (unpaired) electrons. The van der Waals surface area contributed by atoms with Gasteiger partial charge in [-0.3, -0.25) is 0 Å². The lowest BCUT2D eigenvalue weighted by molar-refractivity contribution is 0.304. The highest BCUT2D eigenvalue weighted by atomic mass is 14.8. The molecule has 0 aliphatic heterocycles. The van der Waals surface area contributed by atoms with E-state index in [1.54, 1.807) is 0 Å². The van der Waals surface area contributed by atoms with Gasteiger partial charge >= 0.3 is 0 Å². The van der Waals surface area contributed by atoms with Gasteiger partial charge in [0.2, 0.25) is 0 Å². The maximum Gasteiger partial charge on any atom is -0.00177 e. The van der Waals surface area contributed by atoms with Crippen molar-refractivity contribution in [2.24, 2.45) is 11.8 Å². The number of rotatable bonds is 7. The Kier molecular flexibility index (Phi) is 6.17. The number of hydrogen-bond donors (Lipinski definition) is 1. The second kappa shape index (κ2) is 7.45. The third-order valence-corrected chi connectivity index (χ3v) is 3.52. The quantitative estimate of drug-likeness (QED) is 0.740. The predicted octanol–water partition coefficient (Wildman–Crippen LogP) is 3.50. The number of nitrogens with one attached hydrogen (secondary N) is 1. The maximum atomic E-state index is 3.34. The lowest BCUT2D eigenvalue weighted by Gasteiger charge is -2.25. The van der Waals surface area contributed by atoms with E-state index in [0.29, 0.717) is 0 Å². The molecule has 1 heteroatoms. The van der Waals surface area contributed by atoms with E-state index in [-0.39, 0.29) is 0 Å². The molecule has 90 valence electrons. The first kappa shape index (κ1) is 13.2. The summed E-state index contributed by atoms with van der Waals surface area (Å²) in [5.41, 5.74) is 1.47. The molecule has 0 saturated carbocycles. The lowest BCUT2D eigenvalue weighted by Crippen LogP contribution is -2.27. The summed E-state index contributed by atoms with van der Waals surface area (Å²) in [7, 11) is 2.06. The fourth-order valence-electron chi connectivity index (χ4n) is 2.54. The average Bonchev–Trinajstić information content (AvgIpc) is 2.32. The second-order valence-corrected chi connectivity index (χ2v) is 4.58. The van der Waals surface area contributed by atoms with Crippen LogP contribution in [0, 0.1) is 11.8 Å². The molecule has 1 aromatic rings. The van der Waals surface area contributed by atoms with Crippen LogP contribution in [-0.4, -0.2) is 13.6 Å². The molecule has 1 N–H and O–H groups in total. The zero-order valence-corrected chi connectivity index (χ0v) is 10.9. The summed E-state index contributed by atoms with van der Waals surface area (Å²) in [6, 6.07) is 10.8. The largest absolute Gasteiger partial charge is 0.319 e. The third kappa shape index (κ3) is 3.97. The van der Waals surface area contributed by atoms with Crippen molar-refractivity contribution in [1.82, 2.24) is 5.32 Å². The Hall–Kier alpha value is -0.820. The van der Waals surface area contributed by atoms with E-state index < -0.39 is 0 Å². The van der Waals surface area contributed by atoms with E-state index in [1.807, 2.05) is 0 Å². The molecular weight excluding hydrogens is 194 g/mol. The summed E-state index contributed by atoms with van der Waals surface area (Å²) in [5, 5.41) is 3.34. The summed E-state index contributed by atoms with van der Waals surface area (Å²) in [4.78, 5) is 0. The van der Waals surface area contributed by atoms with Crippen LogP contribution in [0.25, 0.3) is 0 Å². The monoisotopic (exact) mass is 219 g/mol. The van der Waals surface area contributed by atoms with Crippen molar-refractivity contribution in [3.05, 3.63) is 35.9 Å². The minimum Gasteiger partial charge on any atom is -0.319 e. The Labute approximate surface area is 100 Å². The zero-order chi connectivity index (χ0) is 11.8. The summed E-state index contributed by atoms with van der Waals surface area (Å²) >= 11 is 0. The molecule has 0 spiro atoms. The Balaban J connectivity index is 2.63. The van der Waals surface area contributed by atoms with Gasteiger partial charge in [-0.2, -0.15) is 0 Å². The van der Waals surface area contributed by atoms with Gasteiger partial charge in [0.25, 0.3) is 0 Å². The topological polar surface area (TPSA) is 12.0 Å². The minimum absolute atomic E-state index is 0.766. The van der Waals surface area contributed by atoms with E-state index in [0.717, 1.165) is 18.4 Å². The summed E-state index contributed by atoms with van der Waals surface area (Å²) in [6.07, 6.45) is 3.78. The highest BCUT2D eigenvalue weighted by Gasteiger charge is 2.17. The molecule has 16 heavy (non-hydrogen) atoms. The van der Waals surface area contributed by atoms with Crippen molar-refractivity contribution in [3.63, 3.8) is 0 Å². The van der Waals surface area contributed by atoms with Crippen molar-refractivity contribution in [2.75, 3.05) is 13.6 Å². The molecule has 0 saturated heterocycles. The van der Waals surface area contributed by atoms with Crippen LogP contribution in [-0.2, 0) is 6.42 Å². The highest BCUT2D eigenvalue weighted by molar-refractivity contribution is 5.15. The number of hydrogen-bond acceptors (Lipinski definition) is 1. The summed E-state index contributed by atoms with van der Waals surface area (Å²) < 4.78 is 0. The van der Waals surface area contributed by atoms with Gasteiger partial charge in [-0.25, -0.2) is 0 Å². The lowest BCUT2D eigenvalue weighted by atomic mass is 9.83. The molecule has 0 amide bonds. The highest BCUT2D eigenvalue weighted by Crippen LogP contribution is 2.23. The van der Waals surface area contributed by atoms with Crippen molar-refractivity contribution in [1.29, 1.82) is 0 Å². The van der Waals surface area contributed by atoms with Crippen LogP contribution in [0.3, 0.4) is 0 Å². The maximum absolute atomic E-state index is 3.34. The summed E-state index contributed by atoms with van der Waals surface area (Å²) in [6.45, 7) is 5.74. The standard InChI is InChI=1S/C15H25N/c1-4-14(5-2)15(12-16-3)11-13-9-7-6-8-10-13/h6-10,14-16H,4-5,11-12H2,1-3H3. The molecule has 0 fully saturated rings. The smallest absolute Gasteiger partial charge is 0.00177 e. The molecule has 1 rings (SSSR count). The van der Waals surface area contributed by atoms with Crippen LogP contribution in [0.1, 0.15) is 32.3 Å². The second-order valence-electron chi connectivity index (χ2n) is 4.58. The van der Waals surface area contributed by atoms with E-state index >= 15 is 0 Å². The van der Waals surface area contributed by atoms with Crippen molar-refractivity contribution >= 4 is 0 Å². The SMILES string of the molecule is CCC(CC)C(CNC)Cc1ccccc1. The molecule has 1 unspecified atom stereocenters. The van der Waals surface area contributed by atoms with Crippen LogP contribution in [0.2, 0.25) is 0 Å². The van der Waals surface area contributed by atoms with E-state index in [9.17, 15) is 0 Å². The molecule has 0 aromatic heterocycles. The molecule has 1 nitrogen and oxygen atoms in total.